The summed E-state index contributed by atoms with van der Waals surface area (Å²) in [4.78, 5) is 15.2. The molecule has 0 spiro atoms. The van der Waals surface area contributed by atoms with Crippen LogP contribution in [0.1, 0.15) is 19.8 Å². The highest BCUT2D eigenvalue weighted by atomic mass is 19.1. The number of likely N-dealkylation sites (N-methyl/N-ethyl adjacent to an activating group) is 1. The maximum atomic E-state index is 14.0. The van der Waals surface area contributed by atoms with E-state index in [2.05, 4.69) is 37.2 Å². The van der Waals surface area contributed by atoms with Crippen LogP contribution < -0.4 is 5.32 Å². The van der Waals surface area contributed by atoms with Crippen molar-refractivity contribution in [1.82, 2.24) is 25.0 Å². The van der Waals surface area contributed by atoms with Crippen LogP contribution >= 0.6 is 0 Å². The van der Waals surface area contributed by atoms with E-state index in [4.69, 9.17) is 4.52 Å². The third kappa shape index (κ3) is 3.66. The van der Waals surface area contributed by atoms with Gasteiger partial charge in [0, 0.05) is 18.8 Å². The second-order valence-corrected chi connectivity index (χ2v) is 6.49. The smallest absolute Gasteiger partial charge is 0.263 e. The Morgan fingerprint density at radius 3 is 3.04 bits per heavy atom. The van der Waals surface area contributed by atoms with Gasteiger partial charge < -0.3 is 9.84 Å². The quantitative estimate of drug-likeness (QED) is 0.715. The van der Waals surface area contributed by atoms with E-state index in [0.717, 1.165) is 19.6 Å². The first-order valence-electron chi connectivity index (χ1n) is 9.13. The number of anilines is 1. The number of hydrogen-bond acceptors (Lipinski definition) is 7. The molecule has 0 bridgehead atoms. The van der Waals surface area contributed by atoms with Crippen molar-refractivity contribution in [2.45, 2.75) is 25.8 Å². The van der Waals surface area contributed by atoms with Gasteiger partial charge in [0.2, 0.25) is 5.82 Å². The predicted octanol–water partition coefficient (Wildman–Crippen LogP) is 3.23. The monoisotopic (exact) mass is 368 g/mol. The molecule has 7 nitrogen and oxygen atoms in total. The van der Waals surface area contributed by atoms with Crippen molar-refractivity contribution in [3.8, 4) is 22.8 Å². The van der Waals surface area contributed by atoms with Gasteiger partial charge in [-0.25, -0.2) is 14.4 Å². The molecule has 140 valence electrons. The summed E-state index contributed by atoms with van der Waals surface area (Å²) in [5.41, 5.74) is 0.900. The second kappa shape index (κ2) is 7.79. The summed E-state index contributed by atoms with van der Waals surface area (Å²) in [6.45, 7) is 5.14. The van der Waals surface area contributed by atoms with Crippen LogP contribution in [0, 0.1) is 5.82 Å². The van der Waals surface area contributed by atoms with Gasteiger partial charge in [-0.2, -0.15) is 4.98 Å². The fourth-order valence-corrected chi connectivity index (χ4v) is 3.47. The molecular formula is C19H21FN6O. The third-order valence-corrected chi connectivity index (χ3v) is 4.89. The van der Waals surface area contributed by atoms with Crippen LogP contribution in [-0.2, 0) is 0 Å². The van der Waals surface area contributed by atoms with Gasteiger partial charge in [0.1, 0.15) is 23.5 Å². The molecule has 0 saturated carbocycles. The average molecular weight is 368 g/mol. The van der Waals surface area contributed by atoms with Crippen molar-refractivity contribution < 1.29 is 8.91 Å². The molecule has 1 aliphatic heterocycles. The maximum Gasteiger partial charge on any atom is 0.263 e. The molecule has 1 aliphatic rings. The Hall–Kier alpha value is -2.87. The summed E-state index contributed by atoms with van der Waals surface area (Å²) in [6.07, 6.45) is 5.48. The van der Waals surface area contributed by atoms with Gasteiger partial charge in [0.15, 0.2) is 0 Å². The van der Waals surface area contributed by atoms with Gasteiger partial charge in [-0.3, -0.25) is 4.90 Å². The number of hydrogen-bond donors (Lipinski definition) is 1. The number of rotatable bonds is 6. The Bertz CT molecular complexity index is 914. The standard InChI is InChI=1S/C19H21FN6O/c1-2-26-9-5-6-13(26)10-22-17-15(11-21-12-23-17)19-24-18(25-27-19)14-7-3-4-8-16(14)20/h3-4,7-8,11-13H,2,5-6,9-10H2,1H3,(H,21,22,23)/t13-/m0/s1. The fraction of sp³-hybridized carbons (Fsp3) is 0.368. The summed E-state index contributed by atoms with van der Waals surface area (Å²) in [5, 5.41) is 7.29. The highest BCUT2D eigenvalue weighted by Gasteiger charge is 2.24. The molecule has 27 heavy (non-hydrogen) atoms. The highest BCUT2D eigenvalue weighted by Crippen LogP contribution is 2.27. The fourth-order valence-electron chi connectivity index (χ4n) is 3.47. The number of nitrogens with zero attached hydrogens (tertiary/aromatic N) is 5. The van der Waals surface area contributed by atoms with Gasteiger partial charge in [0.25, 0.3) is 5.89 Å². The first-order chi connectivity index (χ1) is 13.3. The van der Waals surface area contributed by atoms with Crippen LogP contribution in [0.15, 0.2) is 41.3 Å². The minimum Gasteiger partial charge on any atom is -0.368 e. The lowest BCUT2D eigenvalue weighted by Crippen LogP contribution is -2.34. The van der Waals surface area contributed by atoms with Crippen LogP contribution in [0.4, 0.5) is 10.2 Å². The van der Waals surface area contributed by atoms with E-state index in [1.807, 2.05) is 0 Å². The van der Waals surface area contributed by atoms with E-state index >= 15 is 0 Å². The van der Waals surface area contributed by atoms with Crippen LogP contribution in [0.5, 0.6) is 0 Å². The maximum absolute atomic E-state index is 14.0. The largest absolute Gasteiger partial charge is 0.368 e. The zero-order valence-corrected chi connectivity index (χ0v) is 15.1. The van der Waals surface area contributed by atoms with Crippen molar-refractivity contribution in [1.29, 1.82) is 0 Å². The Kier molecular flexibility index (Phi) is 5.06. The van der Waals surface area contributed by atoms with E-state index in [0.29, 0.717) is 23.0 Å². The van der Waals surface area contributed by atoms with E-state index < -0.39 is 5.82 Å². The number of nitrogens with one attached hydrogen (secondary N) is 1. The normalized spacial score (nSPS) is 17.3. The van der Waals surface area contributed by atoms with Crippen molar-refractivity contribution in [2.24, 2.45) is 0 Å². The molecule has 1 N–H and O–H groups in total. The van der Waals surface area contributed by atoms with Crippen LogP contribution in [0.3, 0.4) is 0 Å². The first kappa shape index (κ1) is 17.5. The lowest BCUT2D eigenvalue weighted by atomic mass is 10.2. The molecule has 2 aromatic heterocycles. The van der Waals surface area contributed by atoms with Crippen molar-refractivity contribution in [2.75, 3.05) is 25.0 Å². The third-order valence-electron chi connectivity index (χ3n) is 4.89. The molecule has 1 atom stereocenters. The van der Waals surface area contributed by atoms with Gasteiger partial charge >= 0.3 is 0 Å². The summed E-state index contributed by atoms with van der Waals surface area (Å²) < 4.78 is 19.3. The molecule has 3 heterocycles. The Balaban J connectivity index is 1.56. The van der Waals surface area contributed by atoms with E-state index in [1.165, 1.54) is 25.2 Å². The highest BCUT2D eigenvalue weighted by molar-refractivity contribution is 5.69. The summed E-state index contributed by atoms with van der Waals surface area (Å²) >= 11 is 0. The molecule has 1 saturated heterocycles. The van der Waals surface area contributed by atoms with E-state index in [9.17, 15) is 4.39 Å². The molecule has 1 aromatic carbocycles. The van der Waals surface area contributed by atoms with E-state index in [-0.39, 0.29) is 11.7 Å². The minimum absolute atomic E-state index is 0.200. The molecule has 8 heteroatoms. The van der Waals surface area contributed by atoms with Crippen molar-refractivity contribution in [3.63, 3.8) is 0 Å². The van der Waals surface area contributed by atoms with Gasteiger partial charge in [-0.1, -0.05) is 24.2 Å². The molecule has 3 aromatic rings. The molecule has 1 fully saturated rings. The first-order valence-corrected chi connectivity index (χ1v) is 9.13. The summed E-state index contributed by atoms with van der Waals surface area (Å²) in [6, 6.07) is 6.81. The average Bonchev–Trinajstić information content (AvgIpc) is 3.36. The van der Waals surface area contributed by atoms with Crippen molar-refractivity contribution >= 4 is 5.82 Å². The van der Waals surface area contributed by atoms with Gasteiger partial charge in [0.05, 0.1) is 5.56 Å². The molecule has 0 aliphatic carbocycles. The predicted molar refractivity (Wildman–Crippen MR) is 99.5 cm³/mol. The second-order valence-electron chi connectivity index (χ2n) is 6.49. The number of benzene rings is 1. The van der Waals surface area contributed by atoms with Gasteiger partial charge in [-0.05, 0) is 38.1 Å². The summed E-state index contributed by atoms with van der Waals surface area (Å²) in [5.74, 6) is 0.700. The Morgan fingerprint density at radius 2 is 2.19 bits per heavy atom. The Labute approximate surface area is 156 Å². The molecule has 0 amide bonds. The molecule has 4 rings (SSSR count). The molecule has 0 radical (unpaired) electrons. The van der Waals surface area contributed by atoms with Crippen molar-refractivity contribution in [3.05, 3.63) is 42.6 Å². The molecule has 0 unspecified atom stereocenters. The number of halogens is 1. The number of likely N-dealkylation sites (tertiary alicyclic amines) is 1. The van der Waals surface area contributed by atoms with Gasteiger partial charge in [-0.15, -0.1) is 0 Å². The van der Waals surface area contributed by atoms with Crippen LogP contribution in [0.2, 0.25) is 0 Å². The topological polar surface area (TPSA) is 80.0 Å². The van der Waals surface area contributed by atoms with E-state index in [1.54, 1.807) is 24.4 Å². The lowest BCUT2D eigenvalue weighted by Gasteiger charge is -2.23. The molecular weight excluding hydrogens is 347 g/mol. The Morgan fingerprint density at radius 1 is 1.30 bits per heavy atom. The minimum atomic E-state index is -0.395. The zero-order valence-electron chi connectivity index (χ0n) is 15.1. The summed E-state index contributed by atoms with van der Waals surface area (Å²) in [7, 11) is 0. The lowest BCUT2D eigenvalue weighted by molar-refractivity contribution is 0.277. The SMILES string of the molecule is CCN1CCC[C@H]1CNc1ncncc1-c1nc(-c2ccccc2F)no1. The zero-order chi connectivity index (χ0) is 18.6. The number of aromatic nitrogens is 4. The van der Waals surface area contributed by atoms with Crippen LogP contribution in [-0.4, -0.2) is 50.7 Å². The van der Waals surface area contributed by atoms with Crippen LogP contribution in [0.25, 0.3) is 22.8 Å².